The van der Waals surface area contributed by atoms with Crippen molar-refractivity contribution >= 4 is 17.9 Å². The fourth-order valence-corrected chi connectivity index (χ4v) is 2.66. The predicted molar refractivity (Wildman–Crippen MR) is 78.0 cm³/mol. The second kappa shape index (κ2) is 7.73. The third-order valence-corrected chi connectivity index (χ3v) is 3.68. The van der Waals surface area contributed by atoms with Crippen LogP contribution in [0.5, 0.6) is 0 Å². The maximum atomic E-state index is 11.9. The highest BCUT2D eigenvalue weighted by Crippen LogP contribution is 2.31. The average molecular weight is 322 g/mol. The lowest BCUT2D eigenvalue weighted by atomic mass is 9.94. The highest BCUT2D eigenvalue weighted by Gasteiger charge is 2.38. The number of carbonyl (C=O) groups is 3. The van der Waals surface area contributed by atoms with Gasteiger partial charge in [0.1, 0.15) is 6.61 Å². The first-order valence-electron chi connectivity index (χ1n) is 7.27. The molecule has 0 unspecified atom stereocenters. The molecule has 7 nitrogen and oxygen atoms in total. The lowest BCUT2D eigenvalue weighted by Crippen LogP contribution is -2.23. The zero-order valence-corrected chi connectivity index (χ0v) is 12.4. The van der Waals surface area contributed by atoms with Crippen molar-refractivity contribution in [3.63, 3.8) is 0 Å². The minimum atomic E-state index is -1.05. The van der Waals surface area contributed by atoms with Crippen molar-refractivity contribution in [3.05, 3.63) is 35.9 Å². The molecule has 3 atom stereocenters. The fourth-order valence-electron chi connectivity index (χ4n) is 2.66. The molecule has 1 aromatic rings. The Hall–Kier alpha value is -2.41. The number of benzene rings is 1. The molecule has 2 N–H and O–H groups in total. The molecule has 7 heteroatoms. The molecule has 23 heavy (non-hydrogen) atoms. The highest BCUT2D eigenvalue weighted by molar-refractivity contribution is 5.89. The monoisotopic (exact) mass is 322 g/mol. The predicted octanol–water partition coefficient (Wildman–Crippen LogP) is 1.57. The third kappa shape index (κ3) is 5.07. The van der Waals surface area contributed by atoms with Crippen molar-refractivity contribution in [3.8, 4) is 0 Å². The molecule has 2 rings (SSSR count). The number of hydrogen-bond donors (Lipinski definition) is 2. The first kappa shape index (κ1) is 17.0. The number of aliphatic carboxylic acids is 2. The summed E-state index contributed by atoms with van der Waals surface area (Å²) in [5.41, 5.74) is 0.412. The molecule has 0 radical (unpaired) electrons. The van der Waals surface area contributed by atoms with Crippen LogP contribution in [0.4, 0.5) is 0 Å². The zero-order valence-electron chi connectivity index (χ0n) is 12.4. The number of ether oxygens (including phenoxy) is 2. The average Bonchev–Trinajstić information content (AvgIpc) is 2.86. The van der Waals surface area contributed by atoms with Crippen molar-refractivity contribution in [1.29, 1.82) is 0 Å². The molecule has 1 aliphatic rings. The van der Waals surface area contributed by atoms with E-state index in [9.17, 15) is 14.4 Å². The van der Waals surface area contributed by atoms with Crippen LogP contribution in [0.2, 0.25) is 0 Å². The summed E-state index contributed by atoms with van der Waals surface area (Å²) in [5.74, 6) is -2.95. The summed E-state index contributed by atoms with van der Waals surface area (Å²) in [5, 5.41) is 17.8. The van der Waals surface area contributed by atoms with E-state index >= 15 is 0 Å². The second-order valence-corrected chi connectivity index (χ2v) is 5.45. The van der Waals surface area contributed by atoms with Gasteiger partial charge in [-0.15, -0.1) is 0 Å². The Morgan fingerprint density at radius 3 is 2.35 bits per heavy atom. The summed E-state index contributed by atoms with van der Waals surface area (Å²) >= 11 is 0. The minimum absolute atomic E-state index is 0.0278. The fraction of sp³-hybridized carbons (Fsp3) is 0.438. The van der Waals surface area contributed by atoms with Gasteiger partial charge >= 0.3 is 17.9 Å². The van der Waals surface area contributed by atoms with E-state index in [-0.39, 0.29) is 19.4 Å². The Labute approximate surface area is 132 Å². The van der Waals surface area contributed by atoms with Crippen LogP contribution in [0.15, 0.2) is 30.3 Å². The minimum Gasteiger partial charge on any atom is -0.481 e. The highest BCUT2D eigenvalue weighted by atomic mass is 16.6. The van der Waals surface area contributed by atoms with E-state index in [1.807, 2.05) is 0 Å². The largest absolute Gasteiger partial charge is 0.481 e. The van der Waals surface area contributed by atoms with Crippen molar-refractivity contribution < 1.29 is 34.1 Å². The van der Waals surface area contributed by atoms with E-state index in [0.29, 0.717) is 12.0 Å². The van der Waals surface area contributed by atoms with Crippen LogP contribution >= 0.6 is 0 Å². The first-order valence-corrected chi connectivity index (χ1v) is 7.27. The maximum Gasteiger partial charge on any atom is 0.338 e. The van der Waals surface area contributed by atoms with Gasteiger partial charge in [-0.25, -0.2) is 4.79 Å². The van der Waals surface area contributed by atoms with E-state index < -0.39 is 36.0 Å². The Morgan fingerprint density at radius 1 is 1.09 bits per heavy atom. The first-order chi connectivity index (χ1) is 11.0. The SMILES string of the molecule is O=C(O)C[C@H]1C[C@@H](COC(=O)c2ccccc2)O[C@H]1CC(=O)O. The number of carboxylic acids is 2. The summed E-state index contributed by atoms with van der Waals surface area (Å²) in [6, 6.07) is 8.46. The van der Waals surface area contributed by atoms with Gasteiger partial charge in [0.05, 0.1) is 30.6 Å². The molecule has 1 aromatic carbocycles. The Balaban J connectivity index is 1.89. The summed E-state index contributed by atoms with van der Waals surface area (Å²) in [6.07, 6.45) is -1.24. The molecule has 0 bridgehead atoms. The Bertz CT molecular complexity index is 545. The van der Waals surface area contributed by atoms with Crippen LogP contribution in [-0.4, -0.2) is 46.9 Å². The van der Waals surface area contributed by atoms with Crippen molar-refractivity contribution in [1.82, 2.24) is 0 Å². The molecular weight excluding hydrogens is 304 g/mol. The molecule has 1 aliphatic heterocycles. The van der Waals surface area contributed by atoms with E-state index in [2.05, 4.69) is 0 Å². The molecule has 0 spiro atoms. The van der Waals surface area contributed by atoms with Crippen LogP contribution in [-0.2, 0) is 19.1 Å². The van der Waals surface area contributed by atoms with Crippen LogP contribution < -0.4 is 0 Å². The lowest BCUT2D eigenvalue weighted by Gasteiger charge is -2.14. The third-order valence-electron chi connectivity index (χ3n) is 3.68. The summed E-state index contributed by atoms with van der Waals surface area (Å²) in [7, 11) is 0. The normalized spacial score (nSPS) is 23.4. The van der Waals surface area contributed by atoms with Gasteiger partial charge in [-0.3, -0.25) is 9.59 Å². The summed E-state index contributed by atoms with van der Waals surface area (Å²) in [6.45, 7) is -0.0278. The van der Waals surface area contributed by atoms with Crippen molar-refractivity contribution in [2.75, 3.05) is 6.61 Å². The number of carbonyl (C=O) groups excluding carboxylic acids is 1. The molecular formula is C16H18O7. The van der Waals surface area contributed by atoms with Gasteiger partial charge in [-0.05, 0) is 24.5 Å². The molecule has 1 heterocycles. The number of hydrogen-bond acceptors (Lipinski definition) is 5. The lowest BCUT2D eigenvalue weighted by molar-refractivity contribution is -0.143. The second-order valence-electron chi connectivity index (χ2n) is 5.45. The maximum absolute atomic E-state index is 11.9. The van der Waals surface area contributed by atoms with Gasteiger partial charge in [-0.1, -0.05) is 18.2 Å². The van der Waals surface area contributed by atoms with Gasteiger partial charge < -0.3 is 19.7 Å². The van der Waals surface area contributed by atoms with Gasteiger partial charge in [0, 0.05) is 0 Å². The van der Waals surface area contributed by atoms with Crippen molar-refractivity contribution in [2.45, 2.75) is 31.5 Å². The van der Waals surface area contributed by atoms with E-state index in [0.717, 1.165) is 0 Å². The smallest absolute Gasteiger partial charge is 0.338 e. The molecule has 0 aliphatic carbocycles. The topological polar surface area (TPSA) is 110 Å². The van der Waals surface area contributed by atoms with E-state index in [1.165, 1.54) is 0 Å². The van der Waals surface area contributed by atoms with Gasteiger partial charge in [0.25, 0.3) is 0 Å². The Morgan fingerprint density at radius 2 is 1.74 bits per heavy atom. The molecule has 1 saturated heterocycles. The van der Waals surface area contributed by atoms with E-state index in [4.69, 9.17) is 19.7 Å². The van der Waals surface area contributed by atoms with Crippen molar-refractivity contribution in [2.24, 2.45) is 5.92 Å². The number of carboxylic acid groups (broad SMARTS) is 2. The molecule has 124 valence electrons. The van der Waals surface area contributed by atoms with Gasteiger partial charge in [0.2, 0.25) is 0 Å². The standard InChI is InChI=1S/C16H18O7/c17-14(18)7-11-6-12(23-13(11)8-15(19)20)9-22-16(21)10-4-2-1-3-5-10/h1-5,11-13H,6-9H2,(H,17,18)(H,19,20)/t11-,12+,13+/m1/s1. The van der Waals surface area contributed by atoms with Gasteiger partial charge in [-0.2, -0.15) is 0 Å². The van der Waals surface area contributed by atoms with Crippen LogP contribution in [0.3, 0.4) is 0 Å². The van der Waals surface area contributed by atoms with E-state index in [1.54, 1.807) is 30.3 Å². The molecule has 0 aromatic heterocycles. The summed E-state index contributed by atoms with van der Waals surface area (Å²) in [4.78, 5) is 33.5. The quantitative estimate of drug-likeness (QED) is 0.733. The van der Waals surface area contributed by atoms with Crippen LogP contribution in [0.1, 0.15) is 29.6 Å². The number of esters is 1. The van der Waals surface area contributed by atoms with Gasteiger partial charge in [0.15, 0.2) is 0 Å². The Kier molecular flexibility index (Phi) is 5.70. The molecule has 0 amide bonds. The van der Waals surface area contributed by atoms with Crippen LogP contribution in [0, 0.1) is 5.92 Å². The molecule has 1 fully saturated rings. The number of rotatable bonds is 7. The zero-order chi connectivity index (χ0) is 16.8. The molecule has 0 saturated carbocycles. The van der Waals surface area contributed by atoms with Crippen LogP contribution in [0.25, 0.3) is 0 Å². The summed E-state index contributed by atoms with van der Waals surface area (Å²) < 4.78 is 10.7.